The Morgan fingerprint density at radius 2 is 1.85 bits per heavy atom. The summed E-state index contributed by atoms with van der Waals surface area (Å²) in [4.78, 5) is 37.8. The molecule has 1 heterocycles. The third kappa shape index (κ3) is 4.27. The number of aromatic carboxylic acids is 1. The molecule has 7 nitrogen and oxygen atoms in total. The van der Waals surface area contributed by atoms with E-state index in [1.54, 1.807) is 36.4 Å². The van der Waals surface area contributed by atoms with Crippen LogP contribution < -0.4 is 16.6 Å². The van der Waals surface area contributed by atoms with Crippen molar-refractivity contribution < 1.29 is 14.7 Å². The van der Waals surface area contributed by atoms with Gasteiger partial charge in [-0.3, -0.25) is 9.59 Å². The Morgan fingerprint density at radius 3 is 2.52 bits per heavy atom. The average Bonchev–Trinajstić information content (AvgIpc) is 2.61. The second-order valence-corrected chi connectivity index (χ2v) is 6.48. The summed E-state index contributed by atoms with van der Waals surface area (Å²) in [7, 11) is 0. The van der Waals surface area contributed by atoms with Crippen molar-refractivity contribution in [3.63, 3.8) is 0 Å². The molecule has 0 unspecified atom stereocenters. The topological polar surface area (TPSA) is 125 Å². The van der Waals surface area contributed by atoms with E-state index in [1.165, 1.54) is 6.07 Å². The second-order valence-electron chi connectivity index (χ2n) is 6.04. The summed E-state index contributed by atoms with van der Waals surface area (Å²) in [5, 5.41) is 12.7. The van der Waals surface area contributed by atoms with Crippen LogP contribution >= 0.6 is 11.6 Å². The van der Waals surface area contributed by atoms with Gasteiger partial charge in [-0.05, 0) is 41.5 Å². The van der Waals surface area contributed by atoms with Crippen molar-refractivity contribution in [2.45, 2.75) is 13.0 Å². The molecule has 0 saturated heterocycles. The van der Waals surface area contributed by atoms with Crippen LogP contribution in [0.25, 0.3) is 10.9 Å². The molecule has 1 aromatic heterocycles. The standard InChI is InChI=1S/C19H16ClN3O4/c20-13-6-11-8-15(19(26)27)18(25)23-17(11)12(7-13)9-22-16(24)5-10-1-3-14(21)4-2-10/h1-4,6-8H,5,9,21H2,(H,22,24)(H,23,25)(H,26,27). The highest BCUT2D eigenvalue weighted by atomic mass is 35.5. The number of carbonyl (C=O) groups excluding carboxylic acids is 1. The highest BCUT2D eigenvalue weighted by Crippen LogP contribution is 2.22. The van der Waals surface area contributed by atoms with Crippen molar-refractivity contribution in [2.24, 2.45) is 0 Å². The smallest absolute Gasteiger partial charge is 0.341 e. The Morgan fingerprint density at radius 1 is 1.15 bits per heavy atom. The van der Waals surface area contributed by atoms with Crippen LogP contribution in [0, 0.1) is 0 Å². The number of nitrogens with two attached hydrogens (primary N) is 1. The molecule has 0 aliphatic heterocycles. The number of anilines is 1. The van der Waals surface area contributed by atoms with Gasteiger partial charge in [-0.25, -0.2) is 4.79 Å². The van der Waals surface area contributed by atoms with Gasteiger partial charge < -0.3 is 21.1 Å². The van der Waals surface area contributed by atoms with Crippen LogP contribution in [0.4, 0.5) is 5.69 Å². The molecular formula is C19H16ClN3O4. The first-order chi connectivity index (χ1) is 12.8. The van der Waals surface area contributed by atoms with Crippen molar-refractivity contribution in [3.05, 3.63) is 74.5 Å². The van der Waals surface area contributed by atoms with Crippen LogP contribution in [0.3, 0.4) is 0 Å². The van der Waals surface area contributed by atoms with E-state index in [2.05, 4.69) is 10.3 Å². The van der Waals surface area contributed by atoms with Crippen molar-refractivity contribution >= 4 is 40.1 Å². The number of benzene rings is 2. The van der Waals surface area contributed by atoms with Gasteiger partial charge in [0, 0.05) is 22.6 Å². The molecule has 0 fully saturated rings. The zero-order valence-electron chi connectivity index (χ0n) is 14.1. The summed E-state index contributed by atoms with van der Waals surface area (Å²) in [6.45, 7) is 0.132. The largest absolute Gasteiger partial charge is 0.477 e. The molecule has 27 heavy (non-hydrogen) atoms. The van der Waals surface area contributed by atoms with Crippen LogP contribution in [-0.2, 0) is 17.8 Å². The Balaban J connectivity index is 1.82. The van der Waals surface area contributed by atoms with E-state index in [0.717, 1.165) is 5.56 Å². The zero-order chi connectivity index (χ0) is 19.6. The SMILES string of the molecule is Nc1ccc(CC(=O)NCc2cc(Cl)cc3cc(C(=O)O)c(=O)[nH]c23)cc1. The van der Waals surface area contributed by atoms with Crippen molar-refractivity contribution in [2.75, 3.05) is 5.73 Å². The molecule has 3 aromatic rings. The van der Waals surface area contributed by atoms with E-state index in [1.807, 2.05) is 0 Å². The summed E-state index contributed by atoms with van der Waals surface area (Å²) in [5.74, 6) is -1.53. The van der Waals surface area contributed by atoms with Crippen LogP contribution in [0.2, 0.25) is 5.02 Å². The number of nitrogen functional groups attached to an aromatic ring is 1. The summed E-state index contributed by atoms with van der Waals surface area (Å²) in [5.41, 5.74) is 6.98. The minimum Gasteiger partial charge on any atom is -0.477 e. The molecule has 0 saturated carbocycles. The molecule has 0 aliphatic carbocycles. The minimum absolute atomic E-state index is 0.132. The lowest BCUT2D eigenvalue weighted by Crippen LogP contribution is -2.25. The second kappa shape index (κ2) is 7.51. The average molecular weight is 386 g/mol. The van der Waals surface area contributed by atoms with Gasteiger partial charge in [-0.15, -0.1) is 0 Å². The number of H-pyrrole nitrogens is 1. The fraction of sp³-hybridized carbons (Fsp3) is 0.105. The molecule has 0 bridgehead atoms. The fourth-order valence-electron chi connectivity index (χ4n) is 2.73. The van der Waals surface area contributed by atoms with Gasteiger partial charge in [0.05, 0.1) is 11.9 Å². The quantitative estimate of drug-likeness (QED) is 0.501. The third-order valence-electron chi connectivity index (χ3n) is 4.05. The zero-order valence-corrected chi connectivity index (χ0v) is 14.8. The molecule has 0 aliphatic rings. The normalized spacial score (nSPS) is 10.7. The number of hydrogen-bond acceptors (Lipinski definition) is 4. The van der Waals surface area contributed by atoms with Gasteiger partial charge in [-0.1, -0.05) is 23.7 Å². The maximum atomic E-state index is 12.2. The predicted molar refractivity (Wildman–Crippen MR) is 103 cm³/mol. The van der Waals surface area contributed by atoms with E-state index in [-0.39, 0.29) is 24.4 Å². The van der Waals surface area contributed by atoms with E-state index in [4.69, 9.17) is 22.4 Å². The fourth-order valence-corrected chi connectivity index (χ4v) is 2.98. The third-order valence-corrected chi connectivity index (χ3v) is 4.27. The molecule has 3 rings (SSSR count). The van der Waals surface area contributed by atoms with Crippen LogP contribution in [-0.4, -0.2) is 22.0 Å². The molecule has 0 radical (unpaired) electrons. The molecule has 1 amide bonds. The molecular weight excluding hydrogens is 370 g/mol. The number of halogens is 1. The minimum atomic E-state index is -1.32. The molecule has 0 spiro atoms. The van der Waals surface area contributed by atoms with Crippen LogP contribution in [0.1, 0.15) is 21.5 Å². The number of amides is 1. The van der Waals surface area contributed by atoms with E-state index < -0.39 is 11.5 Å². The number of carboxylic acids is 1. The molecule has 5 N–H and O–H groups in total. The van der Waals surface area contributed by atoms with Gasteiger partial charge in [0.1, 0.15) is 5.56 Å². The lowest BCUT2D eigenvalue weighted by Gasteiger charge is -2.10. The molecule has 8 heteroatoms. The van der Waals surface area contributed by atoms with Crippen molar-refractivity contribution in [1.82, 2.24) is 10.3 Å². The van der Waals surface area contributed by atoms with Crippen molar-refractivity contribution in [3.8, 4) is 0 Å². The van der Waals surface area contributed by atoms with Gasteiger partial charge in [0.25, 0.3) is 5.56 Å². The summed E-state index contributed by atoms with van der Waals surface area (Å²) in [6, 6.07) is 11.4. The number of aromatic amines is 1. The summed E-state index contributed by atoms with van der Waals surface area (Å²) in [6.07, 6.45) is 0.179. The number of nitrogens with one attached hydrogen (secondary N) is 2. The van der Waals surface area contributed by atoms with E-state index in [0.29, 0.717) is 27.2 Å². The summed E-state index contributed by atoms with van der Waals surface area (Å²) < 4.78 is 0. The van der Waals surface area contributed by atoms with Gasteiger partial charge >= 0.3 is 5.97 Å². The lowest BCUT2D eigenvalue weighted by atomic mass is 10.1. The number of carbonyl (C=O) groups is 2. The first-order valence-corrected chi connectivity index (χ1v) is 8.41. The number of carboxylic acid groups (broad SMARTS) is 1. The van der Waals surface area contributed by atoms with Gasteiger partial charge in [0.2, 0.25) is 5.91 Å². The molecule has 0 atom stereocenters. The molecule has 138 valence electrons. The Kier molecular flexibility index (Phi) is 5.14. The van der Waals surface area contributed by atoms with Gasteiger partial charge in [0.15, 0.2) is 0 Å². The van der Waals surface area contributed by atoms with E-state index in [9.17, 15) is 14.4 Å². The Labute approximate surface area is 158 Å². The number of rotatable bonds is 5. The monoisotopic (exact) mass is 385 g/mol. The predicted octanol–water partition coefficient (Wildman–Crippen LogP) is 2.32. The maximum Gasteiger partial charge on any atom is 0.341 e. The highest BCUT2D eigenvalue weighted by Gasteiger charge is 2.13. The first kappa shape index (κ1) is 18.5. The Bertz CT molecular complexity index is 1090. The summed E-state index contributed by atoms with van der Waals surface area (Å²) >= 11 is 6.09. The maximum absolute atomic E-state index is 12.2. The van der Waals surface area contributed by atoms with Crippen molar-refractivity contribution in [1.29, 1.82) is 0 Å². The number of hydrogen-bond donors (Lipinski definition) is 4. The first-order valence-electron chi connectivity index (χ1n) is 8.03. The number of pyridine rings is 1. The van der Waals surface area contributed by atoms with Gasteiger partial charge in [-0.2, -0.15) is 0 Å². The lowest BCUT2D eigenvalue weighted by molar-refractivity contribution is -0.120. The number of fused-ring (bicyclic) bond motifs is 1. The highest BCUT2D eigenvalue weighted by molar-refractivity contribution is 6.31. The van der Waals surface area contributed by atoms with Crippen LogP contribution in [0.5, 0.6) is 0 Å². The molecule has 2 aromatic carbocycles. The van der Waals surface area contributed by atoms with E-state index >= 15 is 0 Å². The number of aromatic nitrogens is 1. The van der Waals surface area contributed by atoms with Crippen LogP contribution in [0.15, 0.2) is 47.3 Å². The Hall–Kier alpha value is -3.32.